The number of amides is 1. The number of methoxy groups -OCH3 is 2. The average Bonchev–Trinajstić information content (AvgIpc) is 2.73. The Balaban J connectivity index is 2.21. The largest absolute Gasteiger partial charge is 0.497 e. The van der Waals surface area contributed by atoms with Crippen LogP contribution in [-0.4, -0.2) is 42.9 Å². The number of benzene rings is 2. The van der Waals surface area contributed by atoms with E-state index in [1.54, 1.807) is 7.11 Å². The summed E-state index contributed by atoms with van der Waals surface area (Å²) in [6.07, 6.45) is 1.10. The zero-order valence-electron chi connectivity index (χ0n) is 15.6. The number of rotatable bonds is 9. The van der Waals surface area contributed by atoms with Gasteiger partial charge in [0, 0.05) is 6.54 Å². The van der Waals surface area contributed by atoms with Crippen LogP contribution in [0.4, 0.5) is 0 Å². The predicted octanol–water partition coefficient (Wildman–Crippen LogP) is 3.44. The fraction of sp³-hybridized carbons (Fsp3) is 0.333. The minimum atomic E-state index is -0.705. The van der Waals surface area contributed by atoms with Crippen LogP contribution in [0.25, 0.3) is 0 Å². The van der Waals surface area contributed by atoms with E-state index in [2.05, 4.69) is 0 Å². The smallest absolute Gasteiger partial charge is 0.328 e. The number of alkyl halides is 1. The molecule has 2 aromatic carbocycles. The summed E-state index contributed by atoms with van der Waals surface area (Å²) in [6.45, 7) is 0.268. The molecule has 6 heteroatoms. The molecule has 0 aromatic heterocycles. The Kier molecular flexibility index (Phi) is 8.14. The molecule has 0 fully saturated rings. The summed E-state index contributed by atoms with van der Waals surface area (Å²) < 4.78 is 10.1. The third-order valence-corrected chi connectivity index (χ3v) is 4.57. The van der Waals surface area contributed by atoms with Crippen molar-refractivity contribution in [1.29, 1.82) is 0 Å². The molecule has 0 bridgehead atoms. The number of esters is 1. The number of carbonyl (C=O) groups is 2. The van der Waals surface area contributed by atoms with Crippen LogP contribution in [0.2, 0.25) is 0 Å². The lowest BCUT2D eigenvalue weighted by Crippen LogP contribution is -2.46. The predicted molar refractivity (Wildman–Crippen MR) is 105 cm³/mol. The summed E-state index contributed by atoms with van der Waals surface area (Å²) >= 11 is 5.81. The molecule has 0 radical (unpaired) electrons. The molecule has 0 aliphatic rings. The van der Waals surface area contributed by atoms with Gasteiger partial charge in [-0.25, -0.2) is 4.79 Å². The van der Waals surface area contributed by atoms with E-state index < -0.39 is 12.0 Å². The second kappa shape index (κ2) is 10.6. The molecule has 0 saturated carbocycles. The van der Waals surface area contributed by atoms with E-state index in [1.807, 2.05) is 54.6 Å². The number of aryl methyl sites for hydroxylation is 1. The first-order valence-electron chi connectivity index (χ1n) is 8.69. The molecule has 1 amide bonds. The van der Waals surface area contributed by atoms with Gasteiger partial charge in [0.05, 0.1) is 14.2 Å². The van der Waals surface area contributed by atoms with Gasteiger partial charge in [-0.1, -0.05) is 42.5 Å². The van der Waals surface area contributed by atoms with Crippen LogP contribution < -0.4 is 4.74 Å². The van der Waals surface area contributed by atoms with E-state index >= 15 is 0 Å². The van der Waals surface area contributed by atoms with Gasteiger partial charge < -0.3 is 14.4 Å². The Morgan fingerprint density at radius 1 is 1.00 bits per heavy atom. The first kappa shape index (κ1) is 20.8. The lowest BCUT2D eigenvalue weighted by molar-refractivity contribution is -0.152. The quantitative estimate of drug-likeness (QED) is 0.487. The van der Waals surface area contributed by atoms with E-state index in [4.69, 9.17) is 21.1 Å². The Morgan fingerprint density at radius 2 is 1.67 bits per heavy atom. The van der Waals surface area contributed by atoms with Crippen molar-refractivity contribution < 1.29 is 19.1 Å². The maximum absolute atomic E-state index is 12.5. The molecule has 0 heterocycles. The summed E-state index contributed by atoms with van der Waals surface area (Å²) in [4.78, 5) is 26.4. The molecule has 144 valence electrons. The SMILES string of the molecule is COC(=O)[C@H](CCc1ccccc1)N(Cc1ccc(OC)cc1)C(=O)CCl. The summed E-state index contributed by atoms with van der Waals surface area (Å²) in [5, 5.41) is 0. The highest BCUT2D eigenvalue weighted by molar-refractivity contribution is 6.27. The Hall–Kier alpha value is -2.53. The van der Waals surface area contributed by atoms with E-state index in [9.17, 15) is 9.59 Å². The van der Waals surface area contributed by atoms with Crippen molar-refractivity contribution in [3.63, 3.8) is 0 Å². The van der Waals surface area contributed by atoms with E-state index in [-0.39, 0.29) is 18.3 Å². The highest BCUT2D eigenvalue weighted by Crippen LogP contribution is 2.18. The van der Waals surface area contributed by atoms with E-state index in [0.717, 1.165) is 16.9 Å². The summed E-state index contributed by atoms with van der Waals surface area (Å²) in [5.41, 5.74) is 1.97. The maximum atomic E-state index is 12.5. The molecular formula is C21H24ClNO4. The van der Waals surface area contributed by atoms with Crippen LogP contribution in [0.5, 0.6) is 5.75 Å². The van der Waals surface area contributed by atoms with Crippen molar-refractivity contribution in [3.05, 3.63) is 65.7 Å². The molecule has 0 aliphatic carbocycles. The molecule has 5 nitrogen and oxygen atoms in total. The summed E-state index contributed by atoms with van der Waals surface area (Å²) in [7, 11) is 2.92. The second-order valence-corrected chi connectivity index (χ2v) is 6.33. The molecule has 0 spiro atoms. The van der Waals surface area contributed by atoms with Gasteiger partial charge in [0.25, 0.3) is 0 Å². The van der Waals surface area contributed by atoms with Gasteiger partial charge >= 0.3 is 5.97 Å². The third-order valence-electron chi connectivity index (χ3n) is 4.35. The van der Waals surface area contributed by atoms with Gasteiger partial charge in [0.1, 0.15) is 17.7 Å². The normalized spacial score (nSPS) is 11.5. The van der Waals surface area contributed by atoms with Gasteiger partial charge in [-0.3, -0.25) is 4.79 Å². The van der Waals surface area contributed by atoms with Gasteiger partial charge in [0.2, 0.25) is 5.91 Å². The first-order valence-corrected chi connectivity index (χ1v) is 9.22. The highest BCUT2D eigenvalue weighted by Gasteiger charge is 2.30. The molecule has 2 aromatic rings. The molecule has 0 saturated heterocycles. The van der Waals surface area contributed by atoms with Gasteiger partial charge in [-0.15, -0.1) is 11.6 Å². The fourth-order valence-electron chi connectivity index (χ4n) is 2.86. The van der Waals surface area contributed by atoms with Crippen LogP contribution in [0.1, 0.15) is 17.5 Å². The van der Waals surface area contributed by atoms with E-state index in [1.165, 1.54) is 12.0 Å². The summed E-state index contributed by atoms with van der Waals surface area (Å²) in [6, 6.07) is 16.5. The standard InChI is InChI=1S/C21H24ClNO4/c1-26-18-11-8-17(9-12-18)15-23(20(24)14-22)19(21(25)27-2)13-10-16-6-4-3-5-7-16/h3-9,11-12,19H,10,13-15H2,1-2H3/t19-/m0/s1. The monoisotopic (exact) mass is 389 g/mol. The minimum absolute atomic E-state index is 0.199. The Labute approximate surface area is 164 Å². The number of hydrogen-bond donors (Lipinski definition) is 0. The zero-order chi connectivity index (χ0) is 19.6. The molecule has 1 atom stereocenters. The van der Waals surface area contributed by atoms with Gasteiger partial charge in [-0.2, -0.15) is 0 Å². The molecule has 0 N–H and O–H groups in total. The lowest BCUT2D eigenvalue weighted by Gasteiger charge is -2.30. The highest BCUT2D eigenvalue weighted by atomic mass is 35.5. The van der Waals surface area contributed by atoms with Crippen LogP contribution in [0.3, 0.4) is 0 Å². The van der Waals surface area contributed by atoms with Crippen molar-refractivity contribution in [2.24, 2.45) is 0 Å². The molecule has 2 rings (SSSR count). The molecule has 27 heavy (non-hydrogen) atoms. The van der Waals surface area contributed by atoms with Crippen LogP contribution >= 0.6 is 11.6 Å². The lowest BCUT2D eigenvalue weighted by atomic mass is 10.0. The maximum Gasteiger partial charge on any atom is 0.328 e. The number of hydrogen-bond acceptors (Lipinski definition) is 4. The van der Waals surface area contributed by atoms with Crippen LogP contribution in [0.15, 0.2) is 54.6 Å². The second-order valence-electron chi connectivity index (χ2n) is 6.07. The molecular weight excluding hydrogens is 366 g/mol. The Bertz CT molecular complexity index is 734. The number of carbonyl (C=O) groups excluding carboxylic acids is 2. The molecule has 0 aliphatic heterocycles. The zero-order valence-corrected chi connectivity index (χ0v) is 16.3. The third kappa shape index (κ3) is 6.00. The molecule has 0 unspecified atom stereocenters. The minimum Gasteiger partial charge on any atom is -0.497 e. The van der Waals surface area contributed by atoms with Gasteiger partial charge in [-0.05, 0) is 36.1 Å². The number of halogens is 1. The van der Waals surface area contributed by atoms with E-state index in [0.29, 0.717) is 12.8 Å². The summed E-state index contributed by atoms with van der Waals surface area (Å²) in [5.74, 6) is -0.231. The fourth-order valence-corrected chi connectivity index (χ4v) is 3.02. The topological polar surface area (TPSA) is 55.8 Å². The van der Waals surface area contributed by atoms with Crippen molar-refractivity contribution in [2.75, 3.05) is 20.1 Å². The first-order chi connectivity index (χ1) is 13.1. The Morgan fingerprint density at radius 3 is 2.22 bits per heavy atom. The van der Waals surface area contributed by atoms with Crippen LogP contribution in [-0.2, 0) is 27.3 Å². The number of ether oxygens (including phenoxy) is 2. The van der Waals surface area contributed by atoms with Crippen molar-refractivity contribution >= 4 is 23.5 Å². The van der Waals surface area contributed by atoms with Gasteiger partial charge in [0.15, 0.2) is 0 Å². The average molecular weight is 390 g/mol. The van der Waals surface area contributed by atoms with Crippen molar-refractivity contribution in [2.45, 2.75) is 25.4 Å². The number of nitrogens with zero attached hydrogens (tertiary/aromatic N) is 1. The van der Waals surface area contributed by atoms with Crippen molar-refractivity contribution in [1.82, 2.24) is 4.90 Å². The van der Waals surface area contributed by atoms with Crippen molar-refractivity contribution in [3.8, 4) is 5.75 Å². The van der Waals surface area contributed by atoms with Crippen LogP contribution in [0, 0.1) is 0 Å².